The molecule has 4 heteroatoms. The fourth-order valence-electron chi connectivity index (χ4n) is 1.48. The van der Waals surface area contributed by atoms with Crippen molar-refractivity contribution < 1.29 is 9.18 Å². The van der Waals surface area contributed by atoms with E-state index >= 15 is 0 Å². The fraction of sp³-hybridized carbons (Fsp3) is 0.462. The molecule has 0 unspecified atom stereocenters. The molecule has 0 saturated carbocycles. The number of ketones is 1. The highest BCUT2D eigenvalue weighted by molar-refractivity contribution is 6.30. The van der Waals surface area contributed by atoms with Gasteiger partial charge in [-0.2, -0.15) is 0 Å². The third kappa shape index (κ3) is 5.29. The summed E-state index contributed by atoms with van der Waals surface area (Å²) in [5.74, 6) is -0.362. The van der Waals surface area contributed by atoms with Gasteiger partial charge in [-0.15, -0.1) is 0 Å². The van der Waals surface area contributed by atoms with Gasteiger partial charge in [-0.25, -0.2) is 4.39 Å². The Labute approximate surface area is 106 Å². The van der Waals surface area contributed by atoms with Crippen LogP contribution in [-0.2, 0) is 11.2 Å². The number of Topliss-reactive ketones (excluding diaryl/α,β-unsaturated/α-hetero) is 1. The fourth-order valence-corrected chi connectivity index (χ4v) is 1.67. The summed E-state index contributed by atoms with van der Waals surface area (Å²) < 4.78 is 13.4. The maximum Gasteiger partial charge on any atom is 0.138 e. The Hall–Kier alpha value is -0.930. The molecule has 0 fully saturated rings. The van der Waals surface area contributed by atoms with Gasteiger partial charge in [0.1, 0.15) is 11.6 Å². The van der Waals surface area contributed by atoms with Crippen LogP contribution in [0.3, 0.4) is 0 Å². The first-order valence-corrected chi connectivity index (χ1v) is 6.06. The highest BCUT2D eigenvalue weighted by atomic mass is 35.5. The normalized spacial score (nSPS) is 10.9. The van der Waals surface area contributed by atoms with Crippen molar-refractivity contribution in [3.8, 4) is 0 Å². The lowest BCUT2D eigenvalue weighted by Crippen LogP contribution is -2.25. The molecule has 17 heavy (non-hydrogen) atoms. The van der Waals surface area contributed by atoms with Gasteiger partial charge in [-0.05, 0) is 23.8 Å². The van der Waals surface area contributed by atoms with Crippen LogP contribution in [0.25, 0.3) is 0 Å². The van der Waals surface area contributed by atoms with Crippen LogP contribution in [-0.4, -0.2) is 18.4 Å². The Morgan fingerprint density at radius 2 is 2.18 bits per heavy atom. The zero-order chi connectivity index (χ0) is 12.8. The summed E-state index contributed by atoms with van der Waals surface area (Å²) in [5, 5.41) is 3.60. The second-order valence-corrected chi connectivity index (χ2v) is 4.75. The Balaban J connectivity index is 2.47. The van der Waals surface area contributed by atoms with Crippen molar-refractivity contribution in [2.24, 2.45) is 0 Å². The van der Waals surface area contributed by atoms with Gasteiger partial charge in [0.2, 0.25) is 0 Å². The maximum atomic E-state index is 13.4. The first kappa shape index (κ1) is 14.1. The van der Waals surface area contributed by atoms with Gasteiger partial charge in [0.25, 0.3) is 0 Å². The number of halogens is 2. The van der Waals surface area contributed by atoms with Gasteiger partial charge in [-0.1, -0.05) is 25.4 Å². The Morgan fingerprint density at radius 3 is 2.82 bits per heavy atom. The van der Waals surface area contributed by atoms with Crippen molar-refractivity contribution in [1.29, 1.82) is 0 Å². The number of rotatable bonds is 6. The maximum absolute atomic E-state index is 13.4. The molecule has 0 atom stereocenters. The summed E-state index contributed by atoms with van der Waals surface area (Å²) in [6.45, 7) is 4.65. The van der Waals surface area contributed by atoms with Gasteiger partial charge >= 0.3 is 0 Å². The largest absolute Gasteiger partial charge is 0.314 e. The number of hydrogen-bond donors (Lipinski definition) is 1. The van der Waals surface area contributed by atoms with Crippen molar-refractivity contribution in [2.75, 3.05) is 6.54 Å². The number of carbonyl (C=O) groups excluding carboxylic acids is 1. The third-order valence-corrected chi connectivity index (χ3v) is 2.59. The summed E-state index contributed by atoms with van der Waals surface area (Å²) in [7, 11) is 0. The van der Waals surface area contributed by atoms with E-state index in [4.69, 9.17) is 11.6 Å². The predicted molar refractivity (Wildman–Crippen MR) is 67.9 cm³/mol. The van der Waals surface area contributed by atoms with Gasteiger partial charge in [0.05, 0.1) is 0 Å². The molecule has 0 aromatic heterocycles. The van der Waals surface area contributed by atoms with E-state index in [1.807, 2.05) is 13.8 Å². The molecule has 0 spiro atoms. The Morgan fingerprint density at radius 1 is 1.47 bits per heavy atom. The molecule has 0 saturated heterocycles. The average Bonchev–Trinajstić information content (AvgIpc) is 2.23. The van der Waals surface area contributed by atoms with Gasteiger partial charge in [-0.3, -0.25) is 4.79 Å². The standard InChI is InChI=1S/C13H17ClFNO/c1-9(2)16-6-5-12(17)8-10-7-11(14)3-4-13(10)15/h3-4,7,9,16H,5-6,8H2,1-2H3. The summed E-state index contributed by atoms with van der Waals surface area (Å²) in [6, 6.07) is 4.62. The van der Waals surface area contributed by atoms with Gasteiger partial charge in [0.15, 0.2) is 0 Å². The first-order chi connectivity index (χ1) is 7.99. The molecule has 1 aromatic rings. The molecule has 0 amide bonds. The SMILES string of the molecule is CC(C)NCCC(=O)Cc1cc(Cl)ccc1F. The van der Waals surface area contributed by atoms with Gasteiger partial charge in [0, 0.05) is 30.5 Å². The van der Waals surface area contributed by atoms with E-state index in [1.165, 1.54) is 18.2 Å². The monoisotopic (exact) mass is 257 g/mol. The summed E-state index contributed by atoms with van der Waals surface area (Å²) in [6.07, 6.45) is 0.510. The summed E-state index contributed by atoms with van der Waals surface area (Å²) in [5.41, 5.74) is 0.368. The Bertz CT molecular complexity index is 393. The van der Waals surface area contributed by atoms with E-state index in [9.17, 15) is 9.18 Å². The van der Waals surface area contributed by atoms with Crippen molar-refractivity contribution in [3.63, 3.8) is 0 Å². The second-order valence-electron chi connectivity index (χ2n) is 4.31. The van der Waals surface area contributed by atoms with E-state index < -0.39 is 0 Å². The average molecular weight is 258 g/mol. The number of nitrogens with one attached hydrogen (secondary N) is 1. The van der Waals surface area contributed by atoms with Crippen molar-refractivity contribution >= 4 is 17.4 Å². The van der Waals surface area contributed by atoms with E-state index in [1.54, 1.807) is 0 Å². The number of carbonyl (C=O) groups is 1. The minimum absolute atomic E-state index is 0.0133. The summed E-state index contributed by atoms with van der Waals surface area (Å²) in [4.78, 5) is 11.6. The summed E-state index contributed by atoms with van der Waals surface area (Å²) >= 11 is 5.76. The highest BCUT2D eigenvalue weighted by Gasteiger charge is 2.09. The van der Waals surface area contributed by atoms with Crippen molar-refractivity contribution in [2.45, 2.75) is 32.7 Å². The van der Waals surface area contributed by atoms with Crippen LogP contribution >= 0.6 is 11.6 Å². The van der Waals surface area contributed by atoms with Crippen LogP contribution in [0, 0.1) is 5.82 Å². The topological polar surface area (TPSA) is 29.1 Å². The van der Waals surface area contributed by atoms with E-state index in [0.717, 1.165) is 0 Å². The quantitative estimate of drug-likeness (QED) is 0.849. The van der Waals surface area contributed by atoms with E-state index in [2.05, 4.69) is 5.32 Å². The second kappa shape index (κ2) is 6.72. The van der Waals surface area contributed by atoms with Crippen LogP contribution in [0.5, 0.6) is 0 Å². The molecule has 0 aliphatic carbocycles. The third-order valence-electron chi connectivity index (χ3n) is 2.35. The number of benzene rings is 1. The first-order valence-electron chi connectivity index (χ1n) is 5.68. The molecule has 0 aliphatic rings. The highest BCUT2D eigenvalue weighted by Crippen LogP contribution is 2.15. The molecule has 0 heterocycles. The molecule has 0 radical (unpaired) electrons. The van der Waals surface area contributed by atoms with Gasteiger partial charge < -0.3 is 5.32 Å². The molecule has 94 valence electrons. The molecule has 1 N–H and O–H groups in total. The lowest BCUT2D eigenvalue weighted by atomic mass is 10.1. The van der Waals surface area contributed by atoms with E-state index in [0.29, 0.717) is 29.6 Å². The van der Waals surface area contributed by atoms with Crippen LogP contribution < -0.4 is 5.32 Å². The lowest BCUT2D eigenvalue weighted by molar-refractivity contribution is -0.118. The van der Waals surface area contributed by atoms with Crippen LogP contribution in [0.4, 0.5) is 4.39 Å². The van der Waals surface area contributed by atoms with E-state index in [-0.39, 0.29) is 18.0 Å². The van der Waals surface area contributed by atoms with Crippen molar-refractivity contribution in [3.05, 3.63) is 34.6 Å². The zero-order valence-corrected chi connectivity index (χ0v) is 10.9. The molecule has 0 bridgehead atoms. The van der Waals surface area contributed by atoms with Crippen molar-refractivity contribution in [1.82, 2.24) is 5.32 Å². The molecule has 2 nitrogen and oxygen atoms in total. The molecular formula is C13H17ClFNO. The molecule has 0 aliphatic heterocycles. The smallest absolute Gasteiger partial charge is 0.138 e. The van der Waals surface area contributed by atoms with Crippen LogP contribution in [0.2, 0.25) is 5.02 Å². The molecule has 1 aromatic carbocycles. The minimum atomic E-state index is -0.375. The van der Waals surface area contributed by atoms with Crippen LogP contribution in [0.1, 0.15) is 25.8 Å². The lowest BCUT2D eigenvalue weighted by Gasteiger charge is -2.07. The zero-order valence-electron chi connectivity index (χ0n) is 10.1. The molecular weight excluding hydrogens is 241 g/mol. The number of hydrogen-bond acceptors (Lipinski definition) is 2. The minimum Gasteiger partial charge on any atom is -0.314 e. The Kier molecular flexibility index (Phi) is 5.59. The van der Waals surface area contributed by atoms with Crippen LogP contribution in [0.15, 0.2) is 18.2 Å². The predicted octanol–water partition coefficient (Wildman–Crippen LogP) is 2.98. The molecule has 1 rings (SSSR count).